The van der Waals surface area contributed by atoms with Crippen LogP contribution in [0.2, 0.25) is 0 Å². The zero-order valence-corrected chi connectivity index (χ0v) is 16.7. The van der Waals surface area contributed by atoms with E-state index in [2.05, 4.69) is 10.3 Å². The quantitative estimate of drug-likeness (QED) is 0.385. The normalized spacial score (nSPS) is 10.9. The highest BCUT2D eigenvalue weighted by molar-refractivity contribution is 5.97. The minimum absolute atomic E-state index is 0.0337. The summed E-state index contributed by atoms with van der Waals surface area (Å²) < 4.78 is 1.10. The molecule has 6 heteroatoms. The molecule has 2 N–H and O–H groups in total. The van der Waals surface area contributed by atoms with Crippen LogP contribution in [-0.4, -0.2) is 26.6 Å². The summed E-state index contributed by atoms with van der Waals surface area (Å²) in [5.41, 5.74) is 5.21. The number of benzene rings is 3. The van der Waals surface area contributed by atoms with Gasteiger partial charge in [0.05, 0.1) is 5.52 Å². The lowest BCUT2D eigenvalue weighted by Crippen LogP contribution is -2.22. The molecular weight excluding hydrogens is 378 g/mol. The zero-order valence-electron chi connectivity index (χ0n) is 16.7. The van der Waals surface area contributed by atoms with Crippen molar-refractivity contribution in [1.29, 1.82) is 0 Å². The van der Waals surface area contributed by atoms with Gasteiger partial charge in [-0.2, -0.15) is 4.73 Å². The molecule has 0 aliphatic carbocycles. The molecule has 6 nitrogen and oxygen atoms in total. The summed E-state index contributed by atoms with van der Waals surface area (Å²) in [5.74, 6) is 0.229. The van der Waals surface area contributed by atoms with E-state index in [1.165, 1.54) is 6.92 Å². The van der Waals surface area contributed by atoms with E-state index in [9.17, 15) is 14.8 Å². The maximum Gasteiger partial charge on any atom is 0.251 e. The Hall–Kier alpha value is -3.93. The second-order valence-corrected chi connectivity index (χ2v) is 7.25. The minimum Gasteiger partial charge on any atom is -0.426 e. The largest absolute Gasteiger partial charge is 0.426 e. The van der Waals surface area contributed by atoms with Crippen LogP contribution < -0.4 is 5.32 Å². The first-order valence-corrected chi connectivity index (χ1v) is 9.59. The van der Waals surface area contributed by atoms with E-state index in [0.717, 1.165) is 26.9 Å². The van der Waals surface area contributed by atoms with Crippen molar-refractivity contribution < 1.29 is 14.8 Å². The van der Waals surface area contributed by atoms with Crippen molar-refractivity contribution in [2.24, 2.45) is 0 Å². The third-order valence-electron chi connectivity index (χ3n) is 5.00. The number of imidazole rings is 1. The van der Waals surface area contributed by atoms with Crippen molar-refractivity contribution >= 4 is 22.7 Å². The van der Waals surface area contributed by atoms with E-state index in [1.54, 1.807) is 24.3 Å². The Morgan fingerprint density at radius 2 is 1.63 bits per heavy atom. The number of fused-ring (bicyclic) bond motifs is 1. The molecule has 30 heavy (non-hydrogen) atoms. The fourth-order valence-corrected chi connectivity index (χ4v) is 3.27. The van der Waals surface area contributed by atoms with Crippen molar-refractivity contribution in [1.82, 2.24) is 15.0 Å². The Labute approximate surface area is 173 Å². The summed E-state index contributed by atoms with van der Waals surface area (Å²) in [4.78, 5) is 28.2. The third kappa shape index (κ3) is 3.80. The average Bonchev–Trinajstić information content (AvgIpc) is 3.08. The SMILES string of the molecule is CC(=O)c1ccc(C(=O)NCc2ccc(-c3nc4ccc(C)cc4n3O)cc2)cc1. The van der Waals surface area contributed by atoms with Crippen LogP contribution in [0.1, 0.15) is 38.8 Å². The molecule has 0 aliphatic heterocycles. The number of ketones is 1. The second kappa shape index (κ2) is 7.83. The molecule has 3 aromatic carbocycles. The molecule has 150 valence electrons. The van der Waals surface area contributed by atoms with Gasteiger partial charge in [-0.3, -0.25) is 9.59 Å². The van der Waals surface area contributed by atoms with Crippen LogP contribution in [-0.2, 0) is 6.54 Å². The molecule has 0 fully saturated rings. The van der Waals surface area contributed by atoms with Gasteiger partial charge in [-0.15, -0.1) is 0 Å². The van der Waals surface area contributed by atoms with Crippen molar-refractivity contribution in [2.75, 3.05) is 0 Å². The number of carbonyl (C=O) groups is 2. The van der Waals surface area contributed by atoms with Gasteiger partial charge in [0, 0.05) is 23.2 Å². The predicted molar refractivity (Wildman–Crippen MR) is 115 cm³/mol. The summed E-state index contributed by atoms with van der Waals surface area (Å²) in [6, 6.07) is 19.8. The van der Waals surface area contributed by atoms with E-state index >= 15 is 0 Å². The van der Waals surface area contributed by atoms with Crippen LogP contribution in [0.4, 0.5) is 0 Å². The number of nitrogens with zero attached hydrogens (tertiary/aromatic N) is 2. The number of hydrogen-bond acceptors (Lipinski definition) is 4. The highest BCUT2D eigenvalue weighted by Crippen LogP contribution is 2.24. The number of amides is 1. The molecule has 0 aliphatic rings. The summed E-state index contributed by atoms with van der Waals surface area (Å²) in [5, 5.41) is 13.3. The zero-order chi connectivity index (χ0) is 21.3. The second-order valence-electron chi connectivity index (χ2n) is 7.25. The number of nitrogens with one attached hydrogen (secondary N) is 1. The first-order valence-electron chi connectivity index (χ1n) is 9.59. The van der Waals surface area contributed by atoms with Crippen molar-refractivity contribution in [3.8, 4) is 11.4 Å². The van der Waals surface area contributed by atoms with Gasteiger partial charge >= 0.3 is 0 Å². The number of carbonyl (C=O) groups excluding carboxylic acids is 2. The fraction of sp³-hybridized carbons (Fsp3) is 0.125. The number of rotatable bonds is 5. The summed E-state index contributed by atoms with van der Waals surface area (Å²) in [7, 11) is 0. The molecule has 0 unspecified atom stereocenters. The van der Waals surface area contributed by atoms with Gasteiger partial charge in [0.25, 0.3) is 5.91 Å². The average molecular weight is 399 g/mol. The highest BCUT2D eigenvalue weighted by Gasteiger charge is 2.12. The van der Waals surface area contributed by atoms with Crippen LogP contribution in [0.3, 0.4) is 0 Å². The lowest BCUT2D eigenvalue weighted by molar-refractivity contribution is 0.0948. The first-order chi connectivity index (χ1) is 14.4. The number of hydrogen-bond donors (Lipinski definition) is 2. The Kier molecular flexibility index (Phi) is 5.06. The van der Waals surface area contributed by atoms with Crippen molar-refractivity contribution in [3.05, 3.63) is 89.0 Å². The number of Topliss-reactive ketones (excluding diaryl/α,β-unsaturated/α-hetero) is 1. The van der Waals surface area contributed by atoms with Gasteiger partial charge in [0.1, 0.15) is 5.52 Å². The van der Waals surface area contributed by atoms with Gasteiger partial charge in [-0.25, -0.2) is 4.98 Å². The van der Waals surface area contributed by atoms with Gasteiger partial charge in [-0.05, 0) is 49.2 Å². The van der Waals surface area contributed by atoms with E-state index in [1.807, 2.05) is 49.4 Å². The monoisotopic (exact) mass is 399 g/mol. The molecule has 1 amide bonds. The van der Waals surface area contributed by atoms with E-state index in [0.29, 0.717) is 29.0 Å². The Morgan fingerprint density at radius 1 is 0.967 bits per heavy atom. The van der Waals surface area contributed by atoms with E-state index in [4.69, 9.17) is 0 Å². The van der Waals surface area contributed by atoms with Gasteiger partial charge < -0.3 is 10.5 Å². The van der Waals surface area contributed by atoms with Crippen LogP contribution >= 0.6 is 0 Å². The molecule has 0 saturated heterocycles. The lowest BCUT2D eigenvalue weighted by Gasteiger charge is -2.07. The standard InChI is InChI=1S/C24H21N3O3/c1-15-3-12-21-22(13-15)27(30)23(26-21)19-6-4-17(5-7-19)14-25-24(29)20-10-8-18(9-11-20)16(2)28/h3-13,30H,14H2,1-2H3,(H,25,29). The number of aryl methyl sites for hydroxylation is 1. The fourth-order valence-electron chi connectivity index (χ4n) is 3.27. The summed E-state index contributed by atoms with van der Waals surface area (Å²) in [6.07, 6.45) is 0. The molecular formula is C24H21N3O3. The summed E-state index contributed by atoms with van der Waals surface area (Å²) >= 11 is 0. The van der Waals surface area contributed by atoms with Crippen molar-refractivity contribution in [3.63, 3.8) is 0 Å². The Balaban J connectivity index is 1.46. The van der Waals surface area contributed by atoms with Crippen LogP contribution in [0, 0.1) is 6.92 Å². The minimum atomic E-state index is -0.207. The smallest absolute Gasteiger partial charge is 0.251 e. The molecule has 4 aromatic rings. The first kappa shape index (κ1) is 19.4. The van der Waals surface area contributed by atoms with Gasteiger partial charge in [0.2, 0.25) is 0 Å². The molecule has 0 radical (unpaired) electrons. The third-order valence-corrected chi connectivity index (χ3v) is 5.00. The van der Waals surface area contributed by atoms with Crippen LogP contribution in [0.15, 0.2) is 66.7 Å². The maximum atomic E-state index is 12.3. The molecule has 4 rings (SSSR count). The predicted octanol–water partition coefficient (Wildman–Crippen LogP) is 4.38. The molecule has 1 aromatic heterocycles. The molecule has 0 bridgehead atoms. The van der Waals surface area contributed by atoms with Crippen LogP contribution in [0.5, 0.6) is 0 Å². The highest BCUT2D eigenvalue weighted by atomic mass is 16.5. The molecule has 1 heterocycles. The maximum absolute atomic E-state index is 12.3. The molecule has 0 spiro atoms. The lowest BCUT2D eigenvalue weighted by atomic mass is 10.1. The van der Waals surface area contributed by atoms with Gasteiger partial charge in [-0.1, -0.05) is 42.5 Å². The molecule has 0 saturated carbocycles. The van der Waals surface area contributed by atoms with Crippen LogP contribution in [0.25, 0.3) is 22.4 Å². The van der Waals surface area contributed by atoms with E-state index < -0.39 is 0 Å². The molecule has 0 atom stereocenters. The Bertz CT molecular complexity index is 1240. The summed E-state index contributed by atoms with van der Waals surface area (Å²) in [6.45, 7) is 3.82. The topological polar surface area (TPSA) is 84.2 Å². The van der Waals surface area contributed by atoms with Gasteiger partial charge in [0.15, 0.2) is 11.6 Å². The number of aromatic nitrogens is 2. The Morgan fingerprint density at radius 3 is 2.30 bits per heavy atom. The van der Waals surface area contributed by atoms with E-state index in [-0.39, 0.29) is 11.7 Å². The van der Waals surface area contributed by atoms with Crippen molar-refractivity contribution in [2.45, 2.75) is 20.4 Å².